The van der Waals surface area contributed by atoms with E-state index in [4.69, 9.17) is 0 Å². The molecule has 0 aromatic heterocycles. The average Bonchev–Trinajstić information content (AvgIpc) is 2.57. The predicted octanol–water partition coefficient (Wildman–Crippen LogP) is 5.47. The smallest absolute Gasteiger partial charge is 0.0571 e. The molecule has 0 amide bonds. The molecule has 2 heteroatoms. The Hall–Kier alpha value is -1.67. The highest BCUT2D eigenvalue weighted by molar-refractivity contribution is 6.03. The second kappa shape index (κ2) is 8.14. The van der Waals surface area contributed by atoms with E-state index in [0.717, 1.165) is 17.2 Å². The van der Waals surface area contributed by atoms with Crippen LogP contribution in [-0.4, -0.2) is 36.8 Å². The van der Waals surface area contributed by atoms with Crippen molar-refractivity contribution in [3.05, 3.63) is 53.6 Å². The SMILES string of the molecule is C=CC/N=C(/C)c1cc(C(C)CC2C(C)CN2C)c(C)cc1C(=C)C. The van der Waals surface area contributed by atoms with E-state index < -0.39 is 0 Å². The Bertz CT molecular complexity index is 676. The van der Waals surface area contributed by atoms with Gasteiger partial charge in [-0.05, 0) is 68.8 Å². The number of aliphatic imine (C=N–C) groups is 1. The predicted molar refractivity (Wildman–Crippen MR) is 112 cm³/mol. The first-order chi connectivity index (χ1) is 11.8. The molecule has 1 fully saturated rings. The maximum Gasteiger partial charge on any atom is 0.0571 e. The fourth-order valence-electron chi connectivity index (χ4n) is 4.10. The van der Waals surface area contributed by atoms with Crippen LogP contribution in [0.15, 0.2) is 36.4 Å². The fourth-order valence-corrected chi connectivity index (χ4v) is 4.10. The van der Waals surface area contributed by atoms with Crippen molar-refractivity contribution in [3.8, 4) is 0 Å². The molecule has 25 heavy (non-hydrogen) atoms. The largest absolute Gasteiger partial charge is 0.303 e. The van der Waals surface area contributed by atoms with Gasteiger partial charge >= 0.3 is 0 Å². The van der Waals surface area contributed by atoms with E-state index in [1.165, 1.54) is 35.2 Å². The zero-order valence-electron chi connectivity index (χ0n) is 16.9. The Kier molecular flexibility index (Phi) is 6.40. The third-order valence-corrected chi connectivity index (χ3v) is 5.64. The molecule has 0 aliphatic carbocycles. The van der Waals surface area contributed by atoms with Crippen LogP contribution in [-0.2, 0) is 0 Å². The van der Waals surface area contributed by atoms with Gasteiger partial charge in [-0.25, -0.2) is 0 Å². The molecule has 1 saturated heterocycles. The van der Waals surface area contributed by atoms with Crippen LogP contribution in [0.5, 0.6) is 0 Å². The van der Waals surface area contributed by atoms with E-state index >= 15 is 0 Å². The van der Waals surface area contributed by atoms with Gasteiger partial charge in [0.2, 0.25) is 0 Å². The van der Waals surface area contributed by atoms with Gasteiger partial charge < -0.3 is 4.90 Å². The summed E-state index contributed by atoms with van der Waals surface area (Å²) in [7, 11) is 2.24. The van der Waals surface area contributed by atoms with E-state index in [1.807, 2.05) is 6.08 Å². The molecular formula is C23H34N2. The summed E-state index contributed by atoms with van der Waals surface area (Å²) < 4.78 is 0. The van der Waals surface area contributed by atoms with E-state index in [1.54, 1.807) is 0 Å². The van der Waals surface area contributed by atoms with Crippen LogP contribution < -0.4 is 0 Å². The van der Waals surface area contributed by atoms with Gasteiger partial charge in [0.05, 0.1) is 6.54 Å². The lowest BCUT2D eigenvalue weighted by molar-refractivity contribution is 0.0429. The molecule has 3 atom stereocenters. The molecule has 1 aromatic rings. The number of aryl methyl sites for hydroxylation is 1. The highest BCUT2D eigenvalue weighted by Crippen LogP contribution is 2.35. The lowest BCUT2D eigenvalue weighted by Gasteiger charge is -2.45. The van der Waals surface area contributed by atoms with Gasteiger partial charge in [-0.1, -0.05) is 38.1 Å². The molecule has 136 valence electrons. The van der Waals surface area contributed by atoms with Gasteiger partial charge in [-0.15, -0.1) is 6.58 Å². The summed E-state index contributed by atoms with van der Waals surface area (Å²) in [6.07, 6.45) is 3.06. The average molecular weight is 339 g/mol. The first-order valence-electron chi connectivity index (χ1n) is 9.39. The lowest BCUT2D eigenvalue weighted by atomic mass is 9.80. The highest BCUT2D eigenvalue weighted by Gasteiger charge is 2.33. The minimum Gasteiger partial charge on any atom is -0.303 e. The van der Waals surface area contributed by atoms with Crippen molar-refractivity contribution in [2.75, 3.05) is 20.1 Å². The maximum absolute atomic E-state index is 4.65. The van der Waals surface area contributed by atoms with E-state index in [2.05, 4.69) is 76.8 Å². The lowest BCUT2D eigenvalue weighted by Crippen LogP contribution is -2.52. The van der Waals surface area contributed by atoms with Gasteiger partial charge in [0, 0.05) is 23.9 Å². The molecule has 0 bridgehead atoms. The molecule has 3 unspecified atom stereocenters. The van der Waals surface area contributed by atoms with Crippen molar-refractivity contribution in [2.24, 2.45) is 10.9 Å². The van der Waals surface area contributed by atoms with Crippen molar-refractivity contribution in [3.63, 3.8) is 0 Å². The second-order valence-corrected chi connectivity index (χ2v) is 7.87. The zero-order chi connectivity index (χ0) is 18.7. The van der Waals surface area contributed by atoms with Gasteiger partial charge in [-0.3, -0.25) is 4.99 Å². The molecule has 1 aromatic carbocycles. The Morgan fingerprint density at radius 1 is 1.36 bits per heavy atom. The zero-order valence-corrected chi connectivity index (χ0v) is 16.9. The summed E-state index contributed by atoms with van der Waals surface area (Å²) in [5.74, 6) is 1.35. The highest BCUT2D eigenvalue weighted by atomic mass is 15.2. The van der Waals surface area contributed by atoms with Crippen LogP contribution in [0.3, 0.4) is 0 Å². The molecule has 1 heterocycles. The summed E-state index contributed by atoms with van der Waals surface area (Å²) in [5, 5.41) is 0. The molecule has 1 aliphatic heterocycles. The minimum absolute atomic E-state index is 0.542. The first-order valence-corrected chi connectivity index (χ1v) is 9.39. The van der Waals surface area contributed by atoms with Crippen molar-refractivity contribution < 1.29 is 0 Å². The van der Waals surface area contributed by atoms with Gasteiger partial charge in [-0.2, -0.15) is 0 Å². The fraction of sp³-hybridized carbons (Fsp3) is 0.522. The van der Waals surface area contributed by atoms with E-state index in [-0.39, 0.29) is 0 Å². The van der Waals surface area contributed by atoms with Crippen LogP contribution in [0.4, 0.5) is 0 Å². The number of hydrogen-bond donors (Lipinski definition) is 0. The van der Waals surface area contributed by atoms with Gasteiger partial charge in [0.1, 0.15) is 0 Å². The number of nitrogens with zero attached hydrogens (tertiary/aromatic N) is 2. The Balaban J connectivity index is 2.38. The van der Waals surface area contributed by atoms with Crippen LogP contribution in [0.1, 0.15) is 62.3 Å². The van der Waals surface area contributed by atoms with Crippen LogP contribution >= 0.6 is 0 Å². The van der Waals surface area contributed by atoms with Crippen molar-refractivity contribution in [1.82, 2.24) is 4.90 Å². The maximum atomic E-state index is 4.65. The molecule has 2 nitrogen and oxygen atoms in total. The summed E-state index contributed by atoms with van der Waals surface area (Å²) in [5.41, 5.74) is 7.41. The monoisotopic (exact) mass is 338 g/mol. The Labute approximate surface area is 154 Å². The molecule has 2 rings (SSSR count). The summed E-state index contributed by atoms with van der Waals surface area (Å²) >= 11 is 0. The second-order valence-electron chi connectivity index (χ2n) is 7.87. The van der Waals surface area contributed by atoms with Gasteiger partial charge in [0.15, 0.2) is 0 Å². The summed E-state index contributed by atoms with van der Waals surface area (Å²) in [6, 6.07) is 5.36. The Morgan fingerprint density at radius 2 is 2.04 bits per heavy atom. The number of rotatable bonds is 7. The Morgan fingerprint density at radius 3 is 2.56 bits per heavy atom. The number of benzene rings is 1. The van der Waals surface area contributed by atoms with Crippen LogP contribution in [0.2, 0.25) is 0 Å². The van der Waals surface area contributed by atoms with Crippen molar-refractivity contribution in [1.29, 1.82) is 0 Å². The molecule has 0 N–H and O–H groups in total. The molecule has 1 aliphatic rings. The first kappa shape index (κ1) is 19.7. The number of hydrogen-bond acceptors (Lipinski definition) is 2. The summed E-state index contributed by atoms with van der Waals surface area (Å²) in [6.45, 7) is 21.0. The van der Waals surface area contributed by atoms with Crippen LogP contribution in [0, 0.1) is 12.8 Å². The number of allylic oxidation sites excluding steroid dienone is 1. The standard InChI is InChI=1S/C23H34N2/c1-9-10-24-19(7)22-13-21(16(4)11-20(22)15(2)3)17(5)12-23-18(6)14-25(23)8/h9,11,13,17-18,23H,1-2,10,12,14H2,3-8H3/b24-19-. The third-order valence-electron chi connectivity index (χ3n) is 5.64. The molecular weight excluding hydrogens is 304 g/mol. The van der Waals surface area contributed by atoms with Crippen molar-refractivity contribution >= 4 is 11.3 Å². The number of likely N-dealkylation sites (tertiary alicyclic amines) is 1. The van der Waals surface area contributed by atoms with E-state index in [9.17, 15) is 0 Å². The van der Waals surface area contributed by atoms with E-state index in [0.29, 0.717) is 18.5 Å². The quantitative estimate of drug-likeness (QED) is 0.475. The van der Waals surface area contributed by atoms with Gasteiger partial charge in [0.25, 0.3) is 0 Å². The molecule has 0 saturated carbocycles. The summed E-state index contributed by atoms with van der Waals surface area (Å²) in [4.78, 5) is 7.13. The molecule has 0 radical (unpaired) electrons. The van der Waals surface area contributed by atoms with Crippen LogP contribution in [0.25, 0.3) is 5.57 Å². The van der Waals surface area contributed by atoms with Crippen molar-refractivity contribution in [2.45, 2.75) is 53.0 Å². The minimum atomic E-state index is 0.542. The topological polar surface area (TPSA) is 15.6 Å². The molecule has 0 spiro atoms. The third kappa shape index (κ3) is 4.30. The normalized spacial score (nSPS) is 22.4.